The molecule has 1 aromatic rings. The number of rotatable bonds is 4. The van der Waals surface area contributed by atoms with E-state index < -0.39 is 0 Å². The Hall–Kier alpha value is -1.38. The number of hydrogen-bond donors (Lipinski definition) is 1. The summed E-state index contributed by atoms with van der Waals surface area (Å²) in [6.45, 7) is 4.98. The van der Waals surface area contributed by atoms with Gasteiger partial charge in [0.25, 0.3) is 0 Å². The van der Waals surface area contributed by atoms with Crippen molar-refractivity contribution in [3.05, 3.63) is 17.7 Å². The second-order valence-electron chi connectivity index (χ2n) is 3.00. The van der Waals surface area contributed by atoms with Crippen LogP contribution in [0.25, 0.3) is 0 Å². The van der Waals surface area contributed by atoms with Gasteiger partial charge in [-0.3, -0.25) is 0 Å². The molecule has 0 spiro atoms. The smallest absolute Gasteiger partial charge is 0.165 e. The number of nitrogens with one attached hydrogen (secondary N) is 1. The number of benzene rings is 1. The third kappa shape index (κ3) is 1.92. The molecule has 78 valence electrons. The first kappa shape index (κ1) is 10.7. The summed E-state index contributed by atoms with van der Waals surface area (Å²) in [4.78, 5) is 0. The van der Waals surface area contributed by atoms with Crippen molar-refractivity contribution in [2.75, 3.05) is 26.1 Å². The van der Waals surface area contributed by atoms with Gasteiger partial charge in [-0.1, -0.05) is 0 Å². The standard InChI is InChI=1S/C11H17NO2/c1-5-12-9-6-7-10(13-3)11(14-4)8(9)2/h6-7,12H,5H2,1-4H3. The lowest BCUT2D eigenvalue weighted by molar-refractivity contribution is 0.353. The molecule has 0 atom stereocenters. The van der Waals surface area contributed by atoms with E-state index in [4.69, 9.17) is 9.47 Å². The first-order valence-electron chi connectivity index (χ1n) is 4.70. The summed E-state index contributed by atoms with van der Waals surface area (Å²) in [5.74, 6) is 1.57. The first-order valence-corrected chi connectivity index (χ1v) is 4.70. The fraction of sp³-hybridized carbons (Fsp3) is 0.455. The number of anilines is 1. The van der Waals surface area contributed by atoms with E-state index in [1.807, 2.05) is 19.1 Å². The van der Waals surface area contributed by atoms with E-state index in [2.05, 4.69) is 12.2 Å². The highest BCUT2D eigenvalue weighted by molar-refractivity contribution is 5.62. The monoisotopic (exact) mass is 195 g/mol. The van der Waals surface area contributed by atoms with Gasteiger partial charge in [-0.15, -0.1) is 0 Å². The van der Waals surface area contributed by atoms with E-state index in [1.165, 1.54) is 0 Å². The SMILES string of the molecule is CCNc1ccc(OC)c(OC)c1C. The van der Waals surface area contributed by atoms with Crippen LogP contribution in [0.4, 0.5) is 5.69 Å². The zero-order valence-corrected chi connectivity index (χ0v) is 9.18. The molecule has 3 nitrogen and oxygen atoms in total. The highest BCUT2D eigenvalue weighted by Crippen LogP contribution is 2.34. The molecule has 0 aliphatic heterocycles. The molecule has 1 N–H and O–H groups in total. The molecule has 1 rings (SSSR count). The van der Waals surface area contributed by atoms with Gasteiger partial charge in [0.2, 0.25) is 0 Å². The van der Waals surface area contributed by atoms with Gasteiger partial charge in [0.1, 0.15) is 0 Å². The molecule has 0 aliphatic carbocycles. The van der Waals surface area contributed by atoms with Crippen LogP contribution in [0, 0.1) is 6.92 Å². The summed E-state index contributed by atoms with van der Waals surface area (Å²) < 4.78 is 10.5. The molecule has 0 saturated carbocycles. The molecule has 0 aliphatic rings. The lowest BCUT2D eigenvalue weighted by Gasteiger charge is -2.14. The van der Waals surface area contributed by atoms with Crippen LogP contribution in [0.2, 0.25) is 0 Å². The largest absolute Gasteiger partial charge is 0.493 e. The van der Waals surface area contributed by atoms with Crippen LogP contribution in [0.5, 0.6) is 11.5 Å². The quantitative estimate of drug-likeness (QED) is 0.800. The van der Waals surface area contributed by atoms with Crippen molar-refractivity contribution in [3.8, 4) is 11.5 Å². The van der Waals surface area contributed by atoms with Gasteiger partial charge in [-0.25, -0.2) is 0 Å². The van der Waals surface area contributed by atoms with Crippen molar-refractivity contribution >= 4 is 5.69 Å². The van der Waals surface area contributed by atoms with E-state index in [0.717, 1.165) is 29.3 Å². The molecule has 3 heteroatoms. The van der Waals surface area contributed by atoms with Gasteiger partial charge in [0.05, 0.1) is 14.2 Å². The number of methoxy groups -OCH3 is 2. The Balaban J connectivity index is 3.13. The lowest BCUT2D eigenvalue weighted by atomic mass is 10.1. The van der Waals surface area contributed by atoms with Gasteiger partial charge in [0.15, 0.2) is 11.5 Å². The average molecular weight is 195 g/mol. The minimum absolute atomic E-state index is 0.770. The highest BCUT2D eigenvalue weighted by Gasteiger charge is 2.09. The van der Waals surface area contributed by atoms with Crippen molar-refractivity contribution in [1.82, 2.24) is 0 Å². The summed E-state index contributed by atoms with van der Waals surface area (Å²) in [6.07, 6.45) is 0. The molecule has 1 aromatic carbocycles. The Morgan fingerprint density at radius 3 is 2.43 bits per heavy atom. The Labute approximate surface area is 85.0 Å². The van der Waals surface area contributed by atoms with Crippen molar-refractivity contribution < 1.29 is 9.47 Å². The molecular weight excluding hydrogens is 178 g/mol. The second kappa shape index (κ2) is 4.74. The summed E-state index contributed by atoms with van der Waals surface area (Å²) in [7, 11) is 3.30. The Morgan fingerprint density at radius 2 is 1.93 bits per heavy atom. The topological polar surface area (TPSA) is 30.5 Å². The molecule has 0 heterocycles. The predicted molar refractivity (Wildman–Crippen MR) is 58.4 cm³/mol. The van der Waals surface area contributed by atoms with Crippen LogP contribution in [0.1, 0.15) is 12.5 Å². The molecule has 0 amide bonds. The van der Waals surface area contributed by atoms with Gasteiger partial charge in [0, 0.05) is 17.8 Å². The maximum Gasteiger partial charge on any atom is 0.165 e. The van der Waals surface area contributed by atoms with Gasteiger partial charge < -0.3 is 14.8 Å². The molecule has 14 heavy (non-hydrogen) atoms. The molecule has 0 aromatic heterocycles. The fourth-order valence-corrected chi connectivity index (χ4v) is 1.46. The van der Waals surface area contributed by atoms with Crippen molar-refractivity contribution in [1.29, 1.82) is 0 Å². The predicted octanol–water partition coefficient (Wildman–Crippen LogP) is 2.44. The van der Waals surface area contributed by atoms with Gasteiger partial charge >= 0.3 is 0 Å². The average Bonchev–Trinajstić information content (AvgIpc) is 2.21. The van der Waals surface area contributed by atoms with Crippen LogP contribution >= 0.6 is 0 Å². The Kier molecular flexibility index (Phi) is 3.63. The fourth-order valence-electron chi connectivity index (χ4n) is 1.46. The zero-order valence-electron chi connectivity index (χ0n) is 9.18. The summed E-state index contributed by atoms with van der Waals surface area (Å²) >= 11 is 0. The van der Waals surface area contributed by atoms with E-state index >= 15 is 0 Å². The second-order valence-corrected chi connectivity index (χ2v) is 3.00. The molecule has 0 saturated heterocycles. The molecule has 0 fully saturated rings. The highest BCUT2D eigenvalue weighted by atomic mass is 16.5. The summed E-state index contributed by atoms with van der Waals surface area (Å²) in [5.41, 5.74) is 2.17. The van der Waals surface area contributed by atoms with Crippen molar-refractivity contribution in [2.45, 2.75) is 13.8 Å². The van der Waals surface area contributed by atoms with Crippen molar-refractivity contribution in [3.63, 3.8) is 0 Å². The van der Waals surface area contributed by atoms with Crippen molar-refractivity contribution in [2.24, 2.45) is 0 Å². The zero-order chi connectivity index (χ0) is 10.6. The number of hydrogen-bond acceptors (Lipinski definition) is 3. The molecular formula is C11H17NO2. The van der Waals surface area contributed by atoms with Crippen LogP contribution in [0.3, 0.4) is 0 Å². The third-order valence-corrected chi connectivity index (χ3v) is 2.16. The maximum atomic E-state index is 5.29. The minimum atomic E-state index is 0.770. The molecule has 0 bridgehead atoms. The van der Waals surface area contributed by atoms with E-state index in [1.54, 1.807) is 14.2 Å². The third-order valence-electron chi connectivity index (χ3n) is 2.16. The maximum absolute atomic E-state index is 5.29. The van der Waals surface area contributed by atoms with Gasteiger partial charge in [-0.2, -0.15) is 0 Å². The van der Waals surface area contributed by atoms with Crippen LogP contribution < -0.4 is 14.8 Å². The van der Waals surface area contributed by atoms with Crippen LogP contribution in [0.15, 0.2) is 12.1 Å². The van der Waals surface area contributed by atoms with Crippen LogP contribution in [-0.2, 0) is 0 Å². The van der Waals surface area contributed by atoms with E-state index in [9.17, 15) is 0 Å². The Morgan fingerprint density at radius 1 is 1.21 bits per heavy atom. The van der Waals surface area contributed by atoms with E-state index in [0.29, 0.717) is 0 Å². The molecule has 0 radical (unpaired) electrons. The molecule has 0 unspecified atom stereocenters. The number of ether oxygens (including phenoxy) is 2. The lowest BCUT2D eigenvalue weighted by Crippen LogP contribution is -2.01. The first-order chi connectivity index (χ1) is 6.74. The normalized spacial score (nSPS) is 9.71. The Bertz CT molecular complexity index is 310. The summed E-state index contributed by atoms with van der Waals surface area (Å²) in [5, 5.41) is 3.27. The summed E-state index contributed by atoms with van der Waals surface area (Å²) in [6, 6.07) is 3.91. The van der Waals surface area contributed by atoms with E-state index in [-0.39, 0.29) is 0 Å². The minimum Gasteiger partial charge on any atom is -0.493 e. The van der Waals surface area contributed by atoms with Crippen LogP contribution in [-0.4, -0.2) is 20.8 Å². The van der Waals surface area contributed by atoms with Gasteiger partial charge in [-0.05, 0) is 26.0 Å².